The lowest BCUT2D eigenvalue weighted by atomic mass is 9.82. The summed E-state index contributed by atoms with van der Waals surface area (Å²) in [6.45, 7) is 7.74. The maximum atomic E-state index is 11.9. The van der Waals surface area contributed by atoms with Crippen LogP contribution >= 0.6 is 0 Å². The second-order valence-corrected chi connectivity index (χ2v) is 6.24. The number of hydrogen-bond donors (Lipinski definition) is 2. The van der Waals surface area contributed by atoms with Crippen molar-refractivity contribution in [3.63, 3.8) is 0 Å². The van der Waals surface area contributed by atoms with Crippen LogP contribution in [0.5, 0.6) is 0 Å². The highest BCUT2D eigenvalue weighted by molar-refractivity contribution is 5.79. The van der Waals surface area contributed by atoms with Gasteiger partial charge in [0.25, 0.3) is 0 Å². The van der Waals surface area contributed by atoms with Crippen LogP contribution in [0.2, 0.25) is 0 Å². The largest absolute Gasteiger partial charge is 0.354 e. The zero-order valence-electron chi connectivity index (χ0n) is 12.7. The molecule has 110 valence electrons. The molecule has 0 aromatic rings. The van der Waals surface area contributed by atoms with E-state index in [9.17, 15) is 9.59 Å². The summed E-state index contributed by atoms with van der Waals surface area (Å²) in [6.07, 6.45) is 4.87. The van der Waals surface area contributed by atoms with E-state index in [-0.39, 0.29) is 35.7 Å². The third kappa shape index (κ3) is 5.62. The average Bonchev–Trinajstić information content (AvgIpc) is 2.30. The summed E-state index contributed by atoms with van der Waals surface area (Å²) in [4.78, 5) is 23.7. The van der Waals surface area contributed by atoms with Crippen molar-refractivity contribution >= 4 is 11.8 Å². The van der Waals surface area contributed by atoms with E-state index >= 15 is 0 Å². The number of nitrogens with one attached hydrogen (secondary N) is 2. The van der Waals surface area contributed by atoms with Gasteiger partial charge in [-0.2, -0.15) is 0 Å². The fraction of sp³-hybridized carbons (Fsp3) is 0.867. The van der Waals surface area contributed by atoms with Crippen LogP contribution in [0.1, 0.15) is 59.8 Å². The quantitative estimate of drug-likeness (QED) is 0.803. The minimum Gasteiger partial charge on any atom is -0.354 e. The molecule has 1 aliphatic carbocycles. The third-order valence-electron chi connectivity index (χ3n) is 3.66. The van der Waals surface area contributed by atoms with E-state index in [1.54, 1.807) is 0 Å². The molecule has 0 aliphatic heterocycles. The molecular formula is C15H28N2O2. The van der Waals surface area contributed by atoms with E-state index in [0.717, 1.165) is 25.7 Å². The van der Waals surface area contributed by atoms with Crippen LogP contribution in [0.25, 0.3) is 0 Å². The molecule has 4 nitrogen and oxygen atoms in total. The van der Waals surface area contributed by atoms with Gasteiger partial charge in [0.15, 0.2) is 0 Å². The van der Waals surface area contributed by atoms with Crippen LogP contribution < -0.4 is 10.6 Å². The topological polar surface area (TPSA) is 58.2 Å². The fourth-order valence-electron chi connectivity index (χ4n) is 2.61. The Labute approximate surface area is 116 Å². The van der Waals surface area contributed by atoms with Crippen LogP contribution in [0, 0.1) is 11.8 Å². The number of hydrogen-bond acceptors (Lipinski definition) is 2. The molecule has 4 heteroatoms. The van der Waals surface area contributed by atoms with Crippen LogP contribution in [0.3, 0.4) is 0 Å². The summed E-state index contributed by atoms with van der Waals surface area (Å²) in [5.74, 6) is 0.495. The molecule has 1 saturated carbocycles. The predicted octanol–water partition coefficient (Wildman–Crippen LogP) is 2.23. The molecule has 0 bridgehead atoms. The lowest BCUT2D eigenvalue weighted by molar-refractivity contribution is -0.127. The Kier molecular flexibility index (Phi) is 6.32. The van der Waals surface area contributed by atoms with Gasteiger partial charge in [0.2, 0.25) is 11.8 Å². The highest BCUT2D eigenvalue weighted by Gasteiger charge is 2.28. The van der Waals surface area contributed by atoms with Gasteiger partial charge in [0.05, 0.1) is 0 Å². The fourth-order valence-corrected chi connectivity index (χ4v) is 2.61. The van der Waals surface area contributed by atoms with Crippen molar-refractivity contribution in [3.05, 3.63) is 0 Å². The lowest BCUT2D eigenvalue weighted by Gasteiger charge is -2.32. The number of rotatable bonds is 5. The Morgan fingerprint density at radius 2 is 1.74 bits per heavy atom. The van der Waals surface area contributed by atoms with E-state index in [1.165, 1.54) is 0 Å². The molecular weight excluding hydrogens is 240 g/mol. The molecule has 0 radical (unpaired) electrons. The Bertz CT molecular complexity index is 313. The summed E-state index contributed by atoms with van der Waals surface area (Å²) in [6, 6.07) is 0.348. The van der Waals surface area contributed by atoms with Crippen LogP contribution in [-0.4, -0.2) is 23.9 Å². The van der Waals surface area contributed by atoms with Gasteiger partial charge in [-0.15, -0.1) is 0 Å². The Morgan fingerprint density at radius 1 is 1.11 bits per heavy atom. The summed E-state index contributed by atoms with van der Waals surface area (Å²) in [5.41, 5.74) is 0. The summed E-state index contributed by atoms with van der Waals surface area (Å²) >= 11 is 0. The van der Waals surface area contributed by atoms with E-state index in [1.807, 2.05) is 27.7 Å². The first-order valence-corrected chi connectivity index (χ1v) is 7.50. The first-order chi connectivity index (χ1) is 8.90. The molecule has 2 atom stereocenters. The zero-order chi connectivity index (χ0) is 14.4. The molecule has 2 unspecified atom stereocenters. The first-order valence-electron chi connectivity index (χ1n) is 7.50. The number of amides is 2. The summed E-state index contributed by atoms with van der Waals surface area (Å²) in [7, 11) is 0. The molecule has 2 N–H and O–H groups in total. The molecule has 0 heterocycles. The van der Waals surface area contributed by atoms with Crippen LogP contribution in [0.4, 0.5) is 0 Å². The normalized spacial score (nSPS) is 23.5. The summed E-state index contributed by atoms with van der Waals surface area (Å²) < 4.78 is 0. The molecule has 0 aromatic heterocycles. The minimum absolute atomic E-state index is 0.00654. The molecule has 0 aromatic carbocycles. The standard InChI is InChI=1S/C15H28N2O2/c1-10(2)15(19)17-13-8-6-5-7-12(13)9-14(18)16-11(3)4/h10-13H,5-9H2,1-4H3,(H,16,18)(H,17,19). The van der Waals surface area contributed by atoms with Crippen LogP contribution in [0.15, 0.2) is 0 Å². The Morgan fingerprint density at radius 3 is 2.32 bits per heavy atom. The van der Waals surface area contributed by atoms with Crippen molar-refractivity contribution in [1.29, 1.82) is 0 Å². The minimum atomic E-state index is 0.00654. The molecule has 19 heavy (non-hydrogen) atoms. The molecule has 0 spiro atoms. The second kappa shape index (κ2) is 7.51. The molecule has 2 amide bonds. The monoisotopic (exact) mass is 268 g/mol. The van der Waals surface area contributed by atoms with Gasteiger partial charge in [0, 0.05) is 24.4 Å². The van der Waals surface area contributed by atoms with Gasteiger partial charge in [-0.05, 0) is 32.6 Å². The van der Waals surface area contributed by atoms with Crippen LogP contribution in [-0.2, 0) is 9.59 Å². The van der Waals surface area contributed by atoms with Gasteiger partial charge < -0.3 is 10.6 Å². The summed E-state index contributed by atoms with van der Waals surface area (Å²) in [5, 5.41) is 6.04. The third-order valence-corrected chi connectivity index (χ3v) is 3.66. The maximum Gasteiger partial charge on any atom is 0.222 e. The zero-order valence-corrected chi connectivity index (χ0v) is 12.7. The van der Waals surface area contributed by atoms with E-state index in [0.29, 0.717) is 6.42 Å². The van der Waals surface area contributed by atoms with Crippen molar-refractivity contribution < 1.29 is 9.59 Å². The molecule has 0 saturated heterocycles. The lowest BCUT2D eigenvalue weighted by Crippen LogP contribution is -2.45. The smallest absolute Gasteiger partial charge is 0.222 e. The molecule has 1 aliphatic rings. The van der Waals surface area contributed by atoms with Gasteiger partial charge >= 0.3 is 0 Å². The van der Waals surface area contributed by atoms with Crippen molar-refractivity contribution in [3.8, 4) is 0 Å². The first kappa shape index (κ1) is 16.0. The molecule has 1 fully saturated rings. The van der Waals surface area contributed by atoms with E-state index < -0.39 is 0 Å². The highest BCUT2D eigenvalue weighted by atomic mass is 16.2. The maximum absolute atomic E-state index is 11.9. The predicted molar refractivity (Wildman–Crippen MR) is 76.6 cm³/mol. The molecule has 1 rings (SSSR count). The van der Waals surface area contributed by atoms with Crippen molar-refractivity contribution in [2.75, 3.05) is 0 Å². The Hall–Kier alpha value is -1.06. The number of carbonyl (C=O) groups is 2. The van der Waals surface area contributed by atoms with Gasteiger partial charge in [-0.1, -0.05) is 26.7 Å². The second-order valence-electron chi connectivity index (χ2n) is 6.24. The van der Waals surface area contributed by atoms with Gasteiger partial charge in [-0.25, -0.2) is 0 Å². The van der Waals surface area contributed by atoms with Gasteiger partial charge in [0.1, 0.15) is 0 Å². The highest BCUT2D eigenvalue weighted by Crippen LogP contribution is 2.27. The van der Waals surface area contributed by atoms with E-state index in [2.05, 4.69) is 10.6 Å². The van der Waals surface area contributed by atoms with Crippen molar-refractivity contribution in [2.24, 2.45) is 11.8 Å². The number of carbonyl (C=O) groups excluding carboxylic acids is 2. The average molecular weight is 268 g/mol. The van der Waals surface area contributed by atoms with Gasteiger partial charge in [-0.3, -0.25) is 9.59 Å². The Balaban J connectivity index is 2.52. The van der Waals surface area contributed by atoms with E-state index in [4.69, 9.17) is 0 Å². The van der Waals surface area contributed by atoms with Crippen molar-refractivity contribution in [2.45, 2.75) is 71.9 Å². The van der Waals surface area contributed by atoms with Crippen molar-refractivity contribution in [1.82, 2.24) is 10.6 Å². The SMILES string of the molecule is CC(C)NC(=O)CC1CCCCC1NC(=O)C(C)C.